The van der Waals surface area contributed by atoms with E-state index in [1.54, 1.807) is 18.2 Å². The van der Waals surface area contributed by atoms with Crippen molar-refractivity contribution in [1.29, 1.82) is 0 Å². The fraction of sp³-hybridized carbons (Fsp3) is 0. The van der Waals surface area contributed by atoms with Crippen molar-refractivity contribution in [3.05, 3.63) is 35.3 Å². The summed E-state index contributed by atoms with van der Waals surface area (Å²) in [5.41, 5.74) is 0.658. The average Bonchev–Trinajstić information content (AvgIpc) is 2.67. The van der Waals surface area contributed by atoms with E-state index in [1.165, 1.54) is 17.5 Å². The van der Waals surface area contributed by atoms with Crippen LogP contribution < -0.4 is 0 Å². The summed E-state index contributed by atoms with van der Waals surface area (Å²) in [6.45, 7) is 0. The molecule has 1 aromatic carbocycles. The van der Waals surface area contributed by atoms with Gasteiger partial charge in [-0.25, -0.2) is 4.98 Å². The average molecular weight is 205 g/mol. The van der Waals surface area contributed by atoms with Crippen LogP contribution in [0.3, 0.4) is 0 Å². The third-order valence-corrected chi connectivity index (χ3v) is 2.73. The Kier molecular flexibility index (Phi) is 2.28. The number of nitrogens with zero attached hydrogens (tertiary/aromatic N) is 1. The van der Waals surface area contributed by atoms with Crippen molar-refractivity contribution in [2.75, 3.05) is 0 Å². The molecule has 14 heavy (non-hydrogen) atoms. The smallest absolute Gasteiger partial charge is 0.161 e. The molecule has 0 aliphatic heterocycles. The highest BCUT2D eigenvalue weighted by atomic mass is 32.1. The van der Waals surface area contributed by atoms with Crippen LogP contribution in [0.5, 0.6) is 5.75 Å². The van der Waals surface area contributed by atoms with Crippen LogP contribution in [0.1, 0.15) is 9.67 Å². The molecule has 0 saturated carbocycles. The zero-order valence-electron chi connectivity index (χ0n) is 7.18. The van der Waals surface area contributed by atoms with Gasteiger partial charge in [0, 0.05) is 6.20 Å². The number of thiazole rings is 1. The predicted octanol–water partition coefficient (Wildman–Crippen LogP) is 2.33. The van der Waals surface area contributed by atoms with Crippen molar-refractivity contribution in [1.82, 2.24) is 4.98 Å². The number of phenols is 1. The maximum Gasteiger partial charge on any atom is 0.161 e. The summed E-state index contributed by atoms with van der Waals surface area (Å²) in [5.74, 6) is 0.180. The summed E-state index contributed by atoms with van der Waals surface area (Å²) < 4.78 is 0. The zero-order valence-corrected chi connectivity index (χ0v) is 7.99. The van der Waals surface area contributed by atoms with Crippen LogP contribution in [0.4, 0.5) is 0 Å². The van der Waals surface area contributed by atoms with Crippen LogP contribution in [0, 0.1) is 0 Å². The van der Waals surface area contributed by atoms with E-state index in [1.807, 2.05) is 6.07 Å². The van der Waals surface area contributed by atoms with E-state index in [9.17, 15) is 9.90 Å². The molecule has 70 valence electrons. The van der Waals surface area contributed by atoms with Crippen molar-refractivity contribution in [2.24, 2.45) is 0 Å². The molecule has 4 heteroatoms. The molecule has 2 rings (SSSR count). The second-order valence-corrected chi connectivity index (χ2v) is 3.77. The van der Waals surface area contributed by atoms with Crippen LogP contribution >= 0.6 is 11.3 Å². The van der Waals surface area contributed by atoms with Crippen LogP contribution in [0.25, 0.3) is 10.6 Å². The van der Waals surface area contributed by atoms with Gasteiger partial charge < -0.3 is 5.11 Å². The van der Waals surface area contributed by atoms with Crippen LogP contribution in [0.15, 0.2) is 30.5 Å². The summed E-state index contributed by atoms with van der Waals surface area (Å²) in [6.07, 6.45) is 2.25. The Balaban J connectivity index is 2.49. The molecule has 1 heterocycles. The maximum atomic E-state index is 10.4. The molecular formula is C10H7NO2S. The SMILES string of the molecule is O=Cc1cnc(-c2ccccc2O)s1. The van der Waals surface area contributed by atoms with E-state index in [4.69, 9.17) is 0 Å². The van der Waals surface area contributed by atoms with Gasteiger partial charge in [0.1, 0.15) is 10.8 Å². The highest BCUT2D eigenvalue weighted by molar-refractivity contribution is 7.16. The molecule has 0 aliphatic rings. The highest BCUT2D eigenvalue weighted by Gasteiger charge is 2.07. The third kappa shape index (κ3) is 1.52. The summed E-state index contributed by atoms with van der Waals surface area (Å²) in [7, 11) is 0. The summed E-state index contributed by atoms with van der Waals surface area (Å²) in [6, 6.07) is 6.92. The fourth-order valence-electron chi connectivity index (χ4n) is 1.12. The highest BCUT2D eigenvalue weighted by Crippen LogP contribution is 2.31. The number of phenolic OH excluding ortho intramolecular Hbond substituents is 1. The quantitative estimate of drug-likeness (QED) is 0.765. The van der Waals surface area contributed by atoms with Crippen molar-refractivity contribution in [3.63, 3.8) is 0 Å². The summed E-state index contributed by atoms with van der Waals surface area (Å²) in [5, 5.41) is 10.2. The van der Waals surface area contributed by atoms with E-state index < -0.39 is 0 Å². The number of hydrogen-bond acceptors (Lipinski definition) is 4. The zero-order chi connectivity index (χ0) is 9.97. The van der Waals surface area contributed by atoms with Crippen molar-refractivity contribution < 1.29 is 9.90 Å². The molecule has 0 amide bonds. The number of carbonyl (C=O) groups excluding carboxylic acids is 1. The van der Waals surface area contributed by atoms with Crippen molar-refractivity contribution in [3.8, 4) is 16.3 Å². The molecule has 0 fully saturated rings. The number of aromatic hydroxyl groups is 1. The number of hydrogen-bond donors (Lipinski definition) is 1. The molecule has 2 aromatic rings. The topological polar surface area (TPSA) is 50.2 Å². The summed E-state index contributed by atoms with van der Waals surface area (Å²) >= 11 is 1.26. The van der Waals surface area contributed by atoms with Gasteiger partial charge >= 0.3 is 0 Å². The second kappa shape index (κ2) is 3.59. The lowest BCUT2D eigenvalue weighted by molar-refractivity contribution is 0.112. The van der Waals surface area contributed by atoms with Gasteiger partial charge in [0.2, 0.25) is 0 Å². The Bertz CT molecular complexity index is 465. The lowest BCUT2D eigenvalue weighted by Gasteiger charge is -1.98. The Morgan fingerprint density at radius 3 is 2.79 bits per heavy atom. The molecule has 0 radical (unpaired) electrons. The van der Waals surface area contributed by atoms with Crippen molar-refractivity contribution in [2.45, 2.75) is 0 Å². The normalized spacial score (nSPS) is 10.0. The second-order valence-electron chi connectivity index (χ2n) is 2.70. The maximum absolute atomic E-state index is 10.4. The molecule has 0 aliphatic carbocycles. The minimum Gasteiger partial charge on any atom is -0.507 e. The Labute approximate surface area is 84.7 Å². The molecule has 0 bridgehead atoms. The molecular weight excluding hydrogens is 198 g/mol. The lowest BCUT2D eigenvalue weighted by Crippen LogP contribution is -1.75. The molecule has 0 spiro atoms. The predicted molar refractivity (Wildman–Crippen MR) is 54.6 cm³/mol. The van der Waals surface area contributed by atoms with Gasteiger partial charge in [-0.2, -0.15) is 0 Å². The first kappa shape index (κ1) is 8.90. The number of aromatic nitrogens is 1. The summed E-state index contributed by atoms with van der Waals surface area (Å²) in [4.78, 5) is 15.0. The number of carbonyl (C=O) groups is 1. The van der Waals surface area contributed by atoms with Crippen molar-refractivity contribution >= 4 is 17.6 Å². The van der Waals surface area contributed by atoms with Gasteiger partial charge in [-0.1, -0.05) is 12.1 Å². The molecule has 1 N–H and O–H groups in total. The van der Waals surface area contributed by atoms with Gasteiger partial charge in [0.15, 0.2) is 6.29 Å². The first-order chi connectivity index (χ1) is 6.81. The number of rotatable bonds is 2. The minimum atomic E-state index is 0.180. The van der Waals surface area contributed by atoms with E-state index >= 15 is 0 Å². The lowest BCUT2D eigenvalue weighted by atomic mass is 10.2. The molecule has 3 nitrogen and oxygen atoms in total. The number of aldehydes is 1. The monoisotopic (exact) mass is 205 g/mol. The Hall–Kier alpha value is -1.68. The van der Waals surface area contributed by atoms with E-state index in [0.29, 0.717) is 15.4 Å². The fourth-order valence-corrected chi connectivity index (χ4v) is 1.88. The van der Waals surface area contributed by atoms with E-state index in [-0.39, 0.29) is 5.75 Å². The van der Waals surface area contributed by atoms with Gasteiger partial charge in [-0.3, -0.25) is 4.79 Å². The minimum absolute atomic E-state index is 0.180. The van der Waals surface area contributed by atoms with Crippen LogP contribution in [-0.2, 0) is 0 Å². The number of para-hydroxylation sites is 1. The van der Waals surface area contributed by atoms with Gasteiger partial charge in [-0.05, 0) is 12.1 Å². The standard InChI is InChI=1S/C10H7NO2S/c12-6-7-5-11-10(14-7)8-3-1-2-4-9(8)13/h1-6,13H. The third-order valence-electron chi connectivity index (χ3n) is 1.77. The van der Waals surface area contributed by atoms with Crippen LogP contribution in [0.2, 0.25) is 0 Å². The Morgan fingerprint density at radius 1 is 1.36 bits per heavy atom. The number of benzene rings is 1. The van der Waals surface area contributed by atoms with E-state index in [0.717, 1.165) is 6.29 Å². The van der Waals surface area contributed by atoms with Gasteiger partial charge in [0.25, 0.3) is 0 Å². The van der Waals surface area contributed by atoms with Crippen LogP contribution in [-0.4, -0.2) is 16.4 Å². The molecule has 0 saturated heterocycles. The van der Waals surface area contributed by atoms with E-state index in [2.05, 4.69) is 4.98 Å². The first-order valence-electron chi connectivity index (χ1n) is 4.00. The molecule has 1 aromatic heterocycles. The largest absolute Gasteiger partial charge is 0.507 e. The Morgan fingerprint density at radius 2 is 2.14 bits per heavy atom. The molecule has 0 unspecified atom stereocenters. The van der Waals surface area contributed by atoms with Gasteiger partial charge in [-0.15, -0.1) is 11.3 Å². The molecule has 0 atom stereocenters. The van der Waals surface area contributed by atoms with Gasteiger partial charge in [0.05, 0.1) is 10.4 Å². The first-order valence-corrected chi connectivity index (χ1v) is 4.82.